The molecule has 2 bridgehead atoms. The third kappa shape index (κ3) is 3.02. The van der Waals surface area contributed by atoms with Gasteiger partial charge in [-0.15, -0.1) is 0 Å². The predicted octanol–water partition coefficient (Wildman–Crippen LogP) is 3.32. The van der Waals surface area contributed by atoms with Crippen molar-refractivity contribution in [3.63, 3.8) is 0 Å². The summed E-state index contributed by atoms with van der Waals surface area (Å²) in [6.45, 7) is 4.19. The lowest BCUT2D eigenvalue weighted by atomic mass is 9.80. The van der Waals surface area contributed by atoms with Crippen LogP contribution in [0.3, 0.4) is 0 Å². The van der Waals surface area contributed by atoms with Crippen molar-refractivity contribution in [2.75, 3.05) is 33.3 Å². The van der Waals surface area contributed by atoms with Crippen LogP contribution >= 0.6 is 0 Å². The maximum absolute atomic E-state index is 11.6. The predicted molar refractivity (Wildman–Crippen MR) is 95.5 cm³/mol. The van der Waals surface area contributed by atoms with Gasteiger partial charge < -0.3 is 14.3 Å². The molecule has 4 aliphatic rings. The SMILES string of the molecule is C[N+]12CCC(CC1)[C@@H](OCC(O)(c1ccccc1)C1CCCC1)C2. The number of nitrogens with zero attached hydrogens (tertiary/aromatic N) is 1. The molecule has 3 heteroatoms. The molecule has 1 saturated carbocycles. The van der Waals surface area contributed by atoms with E-state index >= 15 is 0 Å². The number of hydrogen-bond donors (Lipinski definition) is 1. The maximum Gasteiger partial charge on any atom is 0.116 e. The van der Waals surface area contributed by atoms with Crippen molar-refractivity contribution < 1.29 is 14.3 Å². The molecule has 3 nitrogen and oxygen atoms in total. The summed E-state index contributed by atoms with van der Waals surface area (Å²) in [6, 6.07) is 10.3. The van der Waals surface area contributed by atoms with Crippen LogP contribution in [-0.4, -0.2) is 49.0 Å². The van der Waals surface area contributed by atoms with Gasteiger partial charge >= 0.3 is 0 Å². The lowest BCUT2D eigenvalue weighted by Crippen LogP contribution is -2.62. The molecule has 24 heavy (non-hydrogen) atoms. The average Bonchev–Trinajstić information content (AvgIpc) is 3.16. The Morgan fingerprint density at radius 2 is 1.75 bits per heavy atom. The molecule has 3 saturated heterocycles. The van der Waals surface area contributed by atoms with Crippen LogP contribution in [0.5, 0.6) is 0 Å². The molecule has 0 amide bonds. The Hall–Kier alpha value is -0.900. The third-order valence-electron chi connectivity index (χ3n) is 7.05. The molecule has 4 fully saturated rings. The van der Waals surface area contributed by atoms with Gasteiger partial charge in [0.05, 0.1) is 26.7 Å². The van der Waals surface area contributed by atoms with Gasteiger partial charge in [0, 0.05) is 18.8 Å². The maximum atomic E-state index is 11.6. The van der Waals surface area contributed by atoms with Gasteiger partial charge in [0.15, 0.2) is 0 Å². The topological polar surface area (TPSA) is 29.5 Å². The highest BCUT2D eigenvalue weighted by atomic mass is 16.5. The third-order valence-corrected chi connectivity index (χ3v) is 7.05. The Labute approximate surface area is 146 Å². The van der Waals surface area contributed by atoms with E-state index in [4.69, 9.17) is 4.74 Å². The van der Waals surface area contributed by atoms with E-state index in [1.165, 1.54) is 38.8 Å². The van der Waals surface area contributed by atoms with Gasteiger partial charge in [-0.3, -0.25) is 0 Å². The summed E-state index contributed by atoms with van der Waals surface area (Å²) < 4.78 is 7.61. The van der Waals surface area contributed by atoms with Crippen LogP contribution in [0.1, 0.15) is 44.1 Å². The molecule has 1 unspecified atom stereocenters. The summed E-state index contributed by atoms with van der Waals surface area (Å²) in [6.07, 6.45) is 7.62. The van der Waals surface area contributed by atoms with E-state index in [2.05, 4.69) is 19.2 Å². The number of quaternary nitrogens is 1. The van der Waals surface area contributed by atoms with E-state index in [-0.39, 0.29) is 0 Å². The molecule has 3 heterocycles. The largest absolute Gasteiger partial charge is 0.382 e. The molecule has 1 aliphatic carbocycles. The second-order valence-corrected chi connectivity index (χ2v) is 8.71. The highest BCUT2D eigenvalue weighted by Gasteiger charge is 2.46. The molecular formula is C21H32NO2+. The van der Waals surface area contributed by atoms with Crippen LogP contribution in [0.4, 0.5) is 0 Å². The zero-order valence-corrected chi connectivity index (χ0v) is 15.0. The fraction of sp³-hybridized carbons (Fsp3) is 0.714. The number of likely N-dealkylation sites (N-methyl/N-ethyl adjacent to an activating group) is 1. The molecular weight excluding hydrogens is 298 g/mol. The van der Waals surface area contributed by atoms with Crippen molar-refractivity contribution in [1.29, 1.82) is 0 Å². The van der Waals surface area contributed by atoms with Gasteiger partial charge in [0.1, 0.15) is 18.2 Å². The average molecular weight is 330 g/mol. The number of rotatable bonds is 5. The van der Waals surface area contributed by atoms with Crippen LogP contribution < -0.4 is 0 Å². The van der Waals surface area contributed by atoms with E-state index in [0.717, 1.165) is 29.4 Å². The number of aliphatic hydroxyl groups is 1. The van der Waals surface area contributed by atoms with Gasteiger partial charge in [-0.25, -0.2) is 0 Å². The van der Waals surface area contributed by atoms with E-state index in [0.29, 0.717) is 24.5 Å². The fourth-order valence-electron chi connectivity index (χ4n) is 5.34. The smallest absolute Gasteiger partial charge is 0.116 e. The zero-order chi connectivity index (χ0) is 16.6. The van der Waals surface area contributed by atoms with Crippen LogP contribution in [-0.2, 0) is 10.3 Å². The molecule has 1 aromatic rings. The number of benzene rings is 1. The Morgan fingerprint density at radius 3 is 2.38 bits per heavy atom. The van der Waals surface area contributed by atoms with Crippen molar-refractivity contribution in [3.8, 4) is 0 Å². The number of piperidine rings is 3. The van der Waals surface area contributed by atoms with Crippen molar-refractivity contribution in [2.24, 2.45) is 11.8 Å². The summed E-state index contributed by atoms with van der Waals surface area (Å²) in [5.41, 5.74) is 0.223. The Morgan fingerprint density at radius 1 is 1.08 bits per heavy atom. The summed E-state index contributed by atoms with van der Waals surface area (Å²) in [5, 5.41) is 11.6. The van der Waals surface area contributed by atoms with Gasteiger partial charge in [-0.2, -0.15) is 0 Å². The highest BCUT2D eigenvalue weighted by molar-refractivity contribution is 5.24. The Kier molecular flexibility index (Phi) is 4.44. The van der Waals surface area contributed by atoms with Gasteiger partial charge in [0.2, 0.25) is 0 Å². The Bertz CT molecular complexity index is 546. The molecule has 0 spiro atoms. The first kappa shape index (κ1) is 16.6. The standard InChI is InChI=1S/C21H32NO2/c1-22-13-11-17(12-14-22)20(15-22)24-16-21(23,19-9-5-6-10-19)18-7-3-2-4-8-18/h2-4,7-8,17,19-20,23H,5-6,9-16H2,1H3/q+1/t17?,20-,21?,22?/m0/s1. The summed E-state index contributed by atoms with van der Waals surface area (Å²) in [5.74, 6) is 1.04. The second-order valence-electron chi connectivity index (χ2n) is 8.71. The van der Waals surface area contributed by atoms with E-state index in [1.807, 2.05) is 18.2 Å². The molecule has 2 atom stereocenters. The number of fused-ring (bicyclic) bond motifs is 3. The minimum Gasteiger partial charge on any atom is -0.382 e. The summed E-state index contributed by atoms with van der Waals surface area (Å²) in [4.78, 5) is 0. The molecule has 5 rings (SSSR count). The Balaban J connectivity index is 1.50. The number of ether oxygens (including phenoxy) is 1. The fourth-order valence-corrected chi connectivity index (χ4v) is 5.34. The first-order chi connectivity index (χ1) is 11.6. The zero-order valence-electron chi connectivity index (χ0n) is 15.0. The van der Waals surface area contributed by atoms with Gasteiger partial charge in [-0.05, 0) is 24.3 Å². The first-order valence-electron chi connectivity index (χ1n) is 9.82. The van der Waals surface area contributed by atoms with Crippen LogP contribution in [0.25, 0.3) is 0 Å². The monoisotopic (exact) mass is 330 g/mol. The molecule has 132 valence electrons. The molecule has 0 aromatic heterocycles. The van der Waals surface area contributed by atoms with Gasteiger partial charge in [-0.1, -0.05) is 43.2 Å². The van der Waals surface area contributed by atoms with Crippen molar-refractivity contribution in [2.45, 2.75) is 50.2 Å². The van der Waals surface area contributed by atoms with Crippen LogP contribution in [0.15, 0.2) is 30.3 Å². The normalized spacial score (nSPS) is 35.9. The lowest BCUT2D eigenvalue weighted by Gasteiger charge is -2.50. The number of hydrogen-bond acceptors (Lipinski definition) is 2. The molecule has 3 aliphatic heterocycles. The minimum absolute atomic E-state index is 0.328. The van der Waals surface area contributed by atoms with Gasteiger partial charge in [0.25, 0.3) is 0 Å². The first-order valence-corrected chi connectivity index (χ1v) is 9.82. The highest BCUT2D eigenvalue weighted by Crippen LogP contribution is 2.42. The van der Waals surface area contributed by atoms with E-state index in [9.17, 15) is 5.11 Å². The van der Waals surface area contributed by atoms with Crippen molar-refractivity contribution in [1.82, 2.24) is 0 Å². The van der Waals surface area contributed by atoms with Crippen LogP contribution in [0.2, 0.25) is 0 Å². The molecule has 1 aromatic carbocycles. The van der Waals surface area contributed by atoms with E-state index < -0.39 is 5.60 Å². The quantitative estimate of drug-likeness (QED) is 0.839. The van der Waals surface area contributed by atoms with Crippen LogP contribution in [0, 0.1) is 11.8 Å². The lowest BCUT2D eigenvalue weighted by molar-refractivity contribution is -0.928. The van der Waals surface area contributed by atoms with Crippen molar-refractivity contribution in [3.05, 3.63) is 35.9 Å². The summed E-state index contributed by atoms with van der Waals surface area (Å²) in [7, 11) is 2.37. The second kappa shape index (κ2) is 6.44. The minimum atomic E-state index is -0.817. The molecule has 0 radical (unpaired) electrons. The summed E-state index contributed by atoms with van der Waals surface area (Å²) >= 11 is 0. The molecule has 1 N–H and O–H groups in total. The van der Waals surface area contributed by atoms with Crippen molar-refractivity contribution >= 4 is 0 Å². The van der Waals surface area contributed by atoms with E-state index in [1.54, 1.807) is 0 Å².